The van der Waals surface area contributed by atoms with Gasteiger partial charge in [-0.15, -0.1) is 0 Å². The lowest BCUT2D eigenvalue weighted by atomic mass is 9.87. The lowest BCUT2D eigenvalue weighted by molar-refractivity contribution is -0.147. The number of rotatable bonds is 14. The minimum atomic E-state index is -1.30. The van der Waals surface area contributed by atoms with Crippen molar-refractivity contribution in [2.45, 2.75) is 107 Å². The third kappa shape index (κ3) is 10.4. The van der Waals surface area contributed by atoms with Crippen molar-refractivity contribution >= 4 is 27.6 Å². The first-order valence-electron chi connectivity index (χ1n) is 14.1. The predicted octanol–water partition coefficient (Wildman–Crippen LogP) is 7.91. The van der Waals surface area contributed by atoms with Crippen LogP contribution < -0.4 is 0 Å². The average molecular weight is 579 g/mol. The number of unbranched alkanes of at least 4 members (excludes halogenated alkanes) is 2. The summed E-state index contributed by atoms with van der Waals surface area (Å²) >= 11 is 0. The topological polar surface area (TPSA) is 91.7 Å². The molecule has 2 atom stereocenters. The molecule has 0 fully saturated rings. The standard InChI is InChI=1S/C32H50O5S2/c1-29(2,23-33)17-11-9-13-24-19-30(3,4)21-26(38(24)36)15-16-27-22-31(5,6)20-25(39(27)37)14-10-12-18-32(7,8)28(34)35/h15-16,19-22,33H,9-14,17-18,23H2,1-8H3,(H,34,35)/b16-15+. The summed E-state index contributed by atoms with van der Waals surface area (Å²) in [6.07, 6.45) is 18.4. The Morgan fingerprint density at radius 1 is 0.769 bits per heavy atom. The summed E-state index contributed by atoms with van der Waals surface area (Å²) < 4.78 is 26.9. The second-order valence-electron chi connectivity index (χ2n) is 13.8. The highest BCUT2D eigenvalue weighted by Crippen LogP contribution is 2.38. The maximum absolute atomic E-state index is 13.4. The highest BCUT2D eigenvalue weighted by molar-refractivity contribution is 7.93. The maximum Gasteiger partial charge on any atom is 0.309 e. The van der Waals surface area contributed by atoms with E-state index in [1.54, 1.807) is 13.8 Å². The molecule has 2 heterocycles. The predicted molar refractivity (Wildman–Crippen MR) is 165 cm³/mol. The molecule has 0 amide bonds. The third-order valence-electron chi connectivity index (χ3n) is 7.42. The summed E-state index contributed by atoms with van der Waals surface area (Å²) in [4.78, 5) is 14.7. The van der Waals surface area contributed by atoms with Gasteiger partial charge in [0.15, 0.2) is 0 Å². The van der Waals surface area contributed by atoms with Crippen LogP contribution >= 0.6 is 0 Å². The van der Waals surface area contributed by atoms with Crippen molar-refractivity contribution in [3.05, 3.63) is 56.1 Å². The Kier molecular flexibility index (Phi) is 11.6. The molecule has 0 aliphatic carbocycles. The van der Waals surface area contributed by atoms with Gasteiger partial charge in [-0.2, -0.15) is 0 Å². The average Bonchev–Trinajstić information content (AvgIpc) is 2.82. The highest BCUT2D eigenvalue weighted by atomic mass is 32.2. The molecule has 0 saturated carbocycles. The smallest absolute Gasteiger partial charge is 0.309 e. The van der Waals surface area contributed by atoms with Gasteiger partial charge < -0.3 is 10.2 Å². The Balaban J connectivity index is 2.08. The molecule has 0 aromatic rings. The van der Waals surface area contributed by atoms with E-state index in [9.17, 15) is 23.4 Å². The number of aliphatic hydroxyl groups excluding tert-OH is 1. The summed E-state index contributed by atoms with van der Waals surface area (Å²) in [5.74, 6) is -0.791. The molecular weight excluding hydrogens is 528 g/mol. The van der Waals surface area contributed by atoms with Gasteiger partial charge in [-0.3, -0.25) is 4.79 Å². The van der Waals surface area contributed by atoms with Gasteiger partial charge in [0.25, 0.3) is 0 Å². The van der Waals surface area contributed by atoms with Crippen molar-refractivity contribution in [1.29, 1.82) is 0 Å². The number of carboxylic acid groups (broad SMARTS) is 1. The molecule has 0 bridgehead atoms. The fourth-order valence-corrected chi connectivity index (χ4v) is 8.12. The minimum Gasteiger partial charge on any atom is -0.481 e. The summed E-state index contributed by atoms with van der Waals surface area (Å²) in [6.45, 7) is 16.2. The van der Waals surface area contributed by atoms with Crippen molar-refractivity contribution in [2.24, 2.45) is 21.7 Å². The van der Waals surface area contributed by atoms with E-state index in [0.717, 1.165) is 58.1 Å². The number of aliphatic carboxylic acids is 1. The molecule has 2 unspecified atom stereocenters. The van der Waals surface area contributed by atoms with Gasteiger partial charge in [0, 0.05) is 37.1 Å². The Bertz CT molecular complexity index is 1110. The van der Waals surface area contributed by atoms with E-state index in [2.05, 4.69) is 53.7 Å². The maximum atomic E-state index is 13.4. The van der Waals surface area contributed by atoms with Gasteiger partial charge in [-0.05, 0) is 69.9 Å². The zero-order chi connectivity index (χ0) is 29.6. The zero-order valence-electron chi connectivity index (χ0n) is 25.3. The number of hydrogen-bond acceptors (Lipinski definition) is 4. The highest BCUT2D eigenvalue weighted by Gasteiger charge is 2.29. The van der Waals surface area contributed by atoms with Crippen LogP contribution in [0.5, 0.6) is 0 Å². The summed E-state index contributed by atoms with van der Waals surface area (Å²) in [5.41, 5.74) is -1.32. The van der Waals surface area contributed by atoms with E-state index in [0.29, 0.717) is 12.8 Å². The molecule has 2 N–H and O–H groups in total. The molecule has 0 radical (unpaired) electrons. The fraction of sp³-hybridized carbons (Fsp3) is 0.656. The first-order chi connectivity index (χ1) is 17.9. The van der Waals surface area contributed by atoms with Crippen LogP contribution in [0, 0.1) is 21.7 Å². The van der Waals surface area contributed by atoms with Gasteiger partial charge in [-0.25, -0.2) is 8.42 Å². The van der Waals surface area contributed by atoms with Gasteiger partial charge in [0.1, 0.15) is 0 Å². The Morgan fingerprint density at radius 3 is 1.56 bits per heavy atom. The van der Waals surface area contributed by atoms with E-state index in [1.807, 2.05) is 24.3 Å². The van der Waals surface area contributed by atoms with E-state index in [4.69, 9.17) is 0 Å². The number of aliphatic hydroxyl groups is 1. The zero-order valence-corrected chi connectivity index (χ0v) is 26.9. The Labute approximate surface area is 241 Å². The largest absolute Gasteiger partial charge is 0.481 e. The molecule has 39 heavy (non-hydrogen) atoms. The lowest BCUT2D eigenvalue weighted by Gasteiger charge is -2.26. The number of allylic oxidation sites excluding steroid dienone is 8. The monoisotopic (exact) mass is 578 g/mol. The minimum absolute atomic E-state index is 0.0906. The SMILES string of the molecule is CC1(C)C=C(/C=C/C2=CC(C)(C)C=C(CCCCC(C)(C)C(=O)O)S2=O)S(=O)C(CCCCC(C)(C)CO)=C1. The molecule has 2 rings (SSSR count). The van der Waals surface area contributed by atoms with Crippen molar-refractivity contribution in [1.82, 2.24) is 0 Å². The van der Waals surface area contributed by atoms with Gasteiger partial charge >= 0.3 is 5.97 Å². The fourth-order valence-electron chi connectivity index (χ4n) is 4.83. The van der Waals surface area contributed by atoms with E-state index >= 15 is 0 Å². The second kappa shape index (κ2) is 13.4. The van der Waals surface area contributed by atoms with Crippen LogP contribution in [-0.2, 0) is 26.4 Å². The van der Waals surface area contributed by atoms with E-state index in [1.165, 1.54) is 0 Å². The summed E-state index contributed by atoms with van der Waals surface area (Å²) in [6, 6.07) is 0. The van der Waals surface area contributed by atoms with E-state index < -0.39 is 33.0 Å². The summed E-state index contributed by atoms with van der Waals surface area (Å²) in [5, 5.41) is 18.8. The van der Waals surface area contributed by atoms with Crippen molar-refractivity contribution in [2.75, 3.05) is 6.61 Å². The Hall–Kier alpha value is -1.57. The van der Waals surface area contributed by atoms with Crippen LogP contribution in [0.2, 0.25) is 0 Å². The third-order valence-corrected chi connectivity index (χ3v) is 10.4. The molecule has 2 aliphatic heterocycles. The van der Waals surface area contributed by atoms with Gasteiger partial charge in [0.05, 0.1) is 27.0 Å². The lowest BCUT2D eigenvalue weighted by Crippen LogP contribution is -2.23. The number of hydrogen-bond donors (Lipinski definition) is 2. The van der Waals surface area contributed by atoms with Crippen molar-refractivity contribution in [3.63, 3.8) is 0 Å². The molecule has 0 aromatic heterocycles. The van der Waals surface area contributed by atoms with Crippen molar-refractivity contribution < 1.29 is 23.4 Å². The molecule has 0 aromatic carbocycles. The molecule has 0 saturated heterocycles. The van der Waals surface area contributed by atoms with Crippen LogP contribution in [-0.4, -0.2) is 31.2 Å². The molecule has 220 valence electrons. The van der Waals surface area contributed by atoms with Crippen molar-refractivity contribution in [3.8, 4) is 0 Å². The van der Waals surface area contributed by atoms with Crippen LogP contribution in [0.3, 0.4) is 0 Å². The first-order valence-corrected chi connectivity index (χ1v) is 16.4. The van der Waals surface area contributed by atoms with Gasteiger partial charge in [-0.1, -0.05) is 78.7 Å². The normalized spacial score (nSPS) is 23.2. The molecule has 2 aliphatic rings. The first kappa shape index (κ1) is 33.6. The molecular formula is C32H50O5S2. The Morgan fingerprint density at radius 2 is 1.18 bits per heavy atom. The van der Waals surface area contributed by atoms with Crippen LogP contribution in [0.25, 0.3) is 0 Å². The quantitative estimate of drug-likeness (QED) is 0.204. The van der Waals surface area contributed by atoms with Crippen LogP contribution in [0.1, 0.15) is 107 Å². The van der Waals surface area contributed by atoms with Gasteiger partial charge in [0.2, 0.25) is 0 Å². The summed E-state index contributed by atoms with van der Waals surface area (Å²) in [7, 11) is -2.55. The van der Waals surface area contributed by atoms with Crippen LogP contribution in [0.4, 0.5) is 0 Å². The molecule has 7 heteroatoms. The second-order valence-corrected chi connectivity index (χ2v) is 16.8. The van der Waals surface area contributed by atoms with E-state index in [-0.39, 0.29) is 22.9 Å². The number of carbonyl (C=O) groups is 1. The van der Waals surface area contributed by atoms with Crippen LogP contribution in [0.15, 0.2) is 56.1 Å². The number of carboxylic acids is 1. The molecule has 0 spiro atoms. The molecule has 5 nitrogen and oxygen atoms in total.